The first kappa shape index (κ1) is 14.8. The van der Waals surface area contributed by atoms with E-state index in [1.54, 1.807) is 4.31 Å². The summed E-state index contributed by atoms with van der Waals surface area (Å²) in [5.74, 6) is 0. The Kier molecular flexibility index (Phi) is 4.18. The van der Waals surface area contributed by atoms with Crippen LogP contribution in [0.4, 0.5) is 0 Å². The zero-order valence-corrected chi connectivity index (χ0v) is 12.8. The van der Waals surface area contributed by atoms with E-state index in [-0.39, 0.29) is 10.3 Å². The highest BCUT2D eigenvalue weighted by atomic mass is 35.5. The van der Waals surface area contributed by atoms with Crippen LogP contribution < -0.4 is 0 Å². The number of aromatic nitrogens is 1. The molecule has 1 saturated heterocycles. The standard InChI is InChI=1S/C13H19ClN2O2S/c1-3-13(2)6-8-16(9-7-13)19(17,18)11-4-5-12(14)15-10-11/h4-5,10H,3,6-9H2,1-2H3. The first-order valence-electron chi connectivity index (χ1n) is 6.49. The molecule has 2 heterocycles. The van der Waals surface area contributed by atoms with Crippen molar-refractivity contribution in [2.24, 2.45) is 5.41 Å². The summed E-state index contributed by atoms with van der Waals surface area (Å²) >= 11 is 5.68. The van der Waals surface area contributed by atoms with Crippen molar-refractivity contribution in [3.8, 4) is 0 Å². The van der Waals surface area contributed by atoms with Crippen molar-refractivity contribution < 1.29 is 8.42 Å². The van der Waals surface area contributed by atoms with Crippen LogP contribution >= 0.6 is 11.6 Å². The lowest BCUT2D eigenvalue weighted by atomic mass is 9.79. The Morgan fingerprint density at radius 1 is 1.37 bits per heavy atom. The van der Waals surface area contributed by atoms with E-state index >= 15 is 0 Å². The fourth-order valence-electron chi connectivity index (χ4n) is 2.28. The highest BCUT2D eigenvalue weighted by Gasteiger charge is 2.34. The predicted octanol–water partition coefficient (Wildman–Crippen LogP) is 2.94. The minimum atomic E-state index is -3.43. The van der Waals surface area contributed by atoms with Crippen molar-refractivity contribution in [1.29, 1.82) is 0 Å². The van der Waals surface area contributed by atoms with Gasteiger partial charge in [-0.1, -0.05) is 31.9 Å². The SMILES string of the molecule is CCC1(C)CCN(S(=O)(=O)c2ccc(Cl)nc2)CC1. The van der Waals surface area contributed by atoms with Gasteiger partial charge in [-0.15, -0.1) is 0 Å². The highest BCUT2D eigenvalue weighted by molar-refractivity contribution is 7.89. The maximum absolute atomic E-state index is 12.4. The zero-order chi connectivity index (χ0) is 14.1. The van der Waals surface area contributed by atoms with E-state index in [0.717, 1.165) is 19.3 Å². The second kappa shape index (κ2) is 5.38. The molecule has 0 radical (unpaired) electrons. The van der Waals surface area contributed by atoms with Crippen LogP contribution in [0.3, 0.4) is 0 Å². The number of piperidine rings is 1. The molecule has 6 heteroatoms. The molecule has 1 aliphatic rings. The number of halogens is 1. The fraction of sp³-hybridized carbons (Fsp3) is 0.615. The van der Waals surface area contributed by atoms with Gasteiger partial charge in [0.15, 0.2) is 0 Å². The predicted molar refractivity (Wildman–Crippen MR) is 75.6 cm³/mol. The van der Waals surface area contributed by atoms with Gasteiger partial charge in [-0.05, 0) is 30.4 Å². The van der Waals surface area contributed by atoms with Gasteiger partial charge in [0.05, 0.1) is 0 Å². The monoisotopic (exact) mass is 302 g/mol. The highest BCUT2D eigenvalue weighted by Crippen LogP contribution is 2.35. The van der Waals surface area contributed by atoms with Crippen LogP contribution in [0.15, 0.2) is 23.2 Å². The second-order valence-electron chi connectivity index (χ2n) is 5.38. The van der Waals surface area contributed by atoms with Gasteiger partial charge in [0, 0.05) is 19.3 Å². The summed E-state index contributed by atoms with van der Waals surface area (Å²) in [5, 5.41) is 0.302. The zero-order valence-electron chi connectivity index (χ0n) is 11.3. The molecule has 1 aromatic rings. The summed E-state index contributed by atoms with van der Waals surface area (Å²) < 4.78 is 26.4. The molecule has 2 rings (SSSR count). The molecular formula is C13H19ClN2O2S. The number of pyridine rings is 1. The third-order valence-corrected chi connectivity index (χ3v) is 6.23. The first-order valence-corrected chi connectivity index (χ1v) is 8.31. The quantitative estimate of drug-likeness (QED) is 0.807. The molecule has 0 bridgehead atoms. The normalized spacial score (nSPS) is 20.4. The lowest BCUT2D eigenvalue weighted by Gasteiger charge is -2.38. The fourth-order valence-corrected chi connectivity index (χ4v) is 3.78. The first-order chi connectivity index (χ1) is 8.87. The van der Waals surface area contributed by atoms with Gasteiger partial charge in [-0.2, -0.15) is 4.31 Å². The van der Waals surface area contributed by atoms with E-state index in [1.807, 2.05) is 0 Å². The Morgan fingerprint density at radius 3 is 2.47 bits per heavy atom. The smallest absolute Gasteiger partial charge is 0.243 e. The molecule has 19 heavy (non-hydrogen) atoms. The summed E-state index contributed by atoms with van der Waals surface area (Å²) in [4.78, 5) is 4.06. The van der Waals surface area contributed by atoms with Crippen molar-refractivity contribution >= 4 is 21.6 Å². The Bertz CT molecular complexity index is 534. The maximum atomic E-state index is 12.4. The molecule has 1 aromatic heterocycles. The minimum absolute atomic E-state index is 0.219. The summed E-state index contributed by atoms with van der Waals surface area (Å²) in [7, 11) is -3.43. The van der Waals surface area contributed by atoms with Crippen LogP contribution in [0.1, 0.15) is 33.1 Å². The molecule has 106 valence electrons. The minimum Gasteiger partial charge on any atom is -0.243 e. The summed E-state index contributed by atoms with van der Waals surface area (Å²) in [6.45, 7) is 5.54. The summed E-state index contributed by atoms with van der Waals surface area (Å²) in [6.07, 6.45) is 4.22. The third-order valence-electron chi connectivity index (χ3n) is 4.12. The molecule has 0 aromatic carbocycles. The number of hydrogen-bond donors (Lipinski definition) is 0. The molecule has 1 aliphatic heterocycles. The average molecular weight is 303 g/mol. The number of sulfonamides is 1. The lowest BCUT2D eigenvalue weighted by molar-refractivity contribution is 0.169. The molecule has 0 aliphatic carbocycles. The molecule has 1 fully saturated rings. The van der Waals surface area contributed by atoms with Gasteiger partial charge in [0.1, 0.15) is 10.0 Å². The molecule has 0 saturated carbocycles. The van der Waals surface area contributed by atoms with E-state index in [9.17, 15) is 8.42 Å². The van der Waals surface area contributed by atoms with E-state index in [4.69, 9.17) is 11.6 Å². The lowest BCUT2D eigenvalue weighted by Crippen LogP contribution is -2.41. The van der Waals surface area contributed by atoms with E-state index in [1.165, 1.54) is 18.3 Å². The van der Waals surface area contributed by atoms with E-state index < -0.39 is 10.0 Å². The van der Waals surface area contributed by atoms with Crippen molar-refractivity contribution in [2.45, 2.75) is 38.0 Å². The van der Waals surface area contributed by atoms with Crippen LogP contribution in [0.25, 0.3) is 0 Å². The Morgan fingerprint density at radius 2 is 2.00 bits per heavy atom. The number of rotatable bonds is 3. The average Bonchev–Trinajstić information content (AvgIpc) is 2.40. The summed E-state index contributed by atoms with van der Waals surface area (Å²) in [5.41, 5.74) is 0.268. The van der Waals surface area contributed by atoms with Crippen LogP contribution in [0, 0.1) is 5.41 Å². The Balaban J connectivity index is 2.16. The van der Waals surface area contributed by atoms with Gasteiger partial charge in [0.2, 0.25) is 10.0 Å². The molecule has 0 spiro atoms. The van der Waals surface area contributed by atoms with Crippen LogP contribution in [0.2, 0.25) is 5.15 Å². The number of hydrogen-bond acceptors (Lipinski definition) is 3. The van der Waals surface area contributed by atoms with Crippen LogP contribution in [-0.2, 0) is 10.0 Å². The molecular weight excluding hydrogens is 284 g/mol. The topological polar surface area (TPSA) is 50.3 Å². The van der Waals surface area contributed by atoms with Gasteiger partial charge in [-0.25, -0.2) is 13.4 Å². The second-order valence-corrected chi connectivity index (χ2v) is 7.71. The van der Waals surface area contributed by atoms with Crippen molar-refractivity contribution in [3.63, 3.8) is 0 Å². The van der Waals surface area contributed by atoms with Gasteiger partial charge in [0.25, 0.3) is 0 Å². The Labute approximate surface area is 119 Å². The van der Waals surface area contributed by atoms with Crippen LogP contribution in [-0.4, -0.2) is 30.8 Å². The van der Waals surface area contributed by atoms with Crippen molar-refractivity contribution in [1.82, 2.24) is 9.29 Å². The molecule has 0 amide bonds. The van der Waals surface area contributed by atoms with Crippen molar-refractivity contribution in [3.05, 3.63) is 23.5 Å². The van der Waals surface area contributed by atoms with Crippen LogP contribution in [0.5, 0.6) is 0 Å². The molecule has 0 atom stereocenters. The molecule has 4 nitrogen and oxygen atoms in total. The van der Waals surface area contributed by atoms with E-state index in [0.29, 0.717) is 18.2 Å². The van der Waals surface area contributed by atoms with Gasteiger partial charge < -0.3 is 0 Å². The number of nitrogens with zero attached hydrogens (tertiary/aromatic N) is 2. The molecule has 0 N–H and O–H groups in total. The molecule has 0 unspecified atom stereocenters. The Hall–Kier alpha value is -0.650. The summed E-state index contributed by atoms with van der Waals surface area (Å²) in [6, 6.07) is 3.02. The third kappa shape index (κ3) is 3.09. The van der Waals surface area contributed by atoms with Crippen molar-refractivity contribution in [2.75, 3.05) is 13.1 Å². The largest absolute Gasteiger partial charge is 0.244 e. The van der Waals surface area contributed by atoms with E-state index in [2.05, 4.69) is 18.8 Å². The maximum Gasteiger partial charge on any atom is 0.244 e. The van der Waals surface area contributed by atoms with Gasteiger partial charge >= 0.3 is 0 Å². The van der Waals surface area contributed by atoms with Gasteiger partial charge in [-0.3, -0.25) is 0 Å².